The normalized spacial score (nSPS) is 11.0. The first-order chi connectivity index (χ1) is 7.13. The Morgan fingerprint density at radius 3 is 2.80 bits per heavy atom. The van der Waals surface area contributed by atoms with Gasteiger partial charge in [0.05, 0.1) is 0 Å². The van der Waals surface area contributed by atoms with Crippen molar-refractivity contribution in [2.24, 2.45) is 5.92 Å². The fourth-order valence-corrected chi connectivity index (χ4v) is 1.52. The Bertz CT molecular complexity index is 289. The molecular formula is C12H23N3. The van der Waals surface area contributed by atoms with Crippen LogP contribution in [0.25, 0.3) is 0 Å². The maximum atomic E-state index is 4.53. The summed E-state index contributed by atoms with van der Waals surface area (Å²) in [6.45, 7) is 10.8. The summed E-state index contributed by atoms with van der Waals surface area (Å²) >= 11 is 0. The number of hydrogen-bond donors (Lipinski definition) is 1. The van der Waals surface area contributed by atoms with Gasteiger partial charge in [-0.15, -0.1) is 0 Å². The lowest BCUT2D eigenvalue weighted by atomic mass is 10.2. The van der Waals surface area contributed by atoms with E-state index in [0.29, 0.717) is 5.92 Å². The largest absolute Gasteiger partial charge is 0.369 e. The highest BCUT2D eigenvalue weighted by molar-refractivity contribution is 5.35. The average Bonchev–Trinajstić information content (AvgIpc) is 2.47. The van der Waals surface area contributed by atoms with E-state index in [0.717, 1.165) is 18.9 Å². The lowest BCUT2D eigenvalue weighted by Crippen LogP contribution is -2.08. The quantitative estimate of drug-likeness (QED) is 0.730. The van der Waals surface area contributed by atoms with Gasteiger partial charge in [0.25, 0.3) is 0 Å². The number of aryl methyl sites for hydroxylation is 1. The molecule has 3 nitrogen and oxygen atoms in total. The smallest absolute Gasteiger partial charge is 0.148 e. The third-order valence-corrected chi connectivity index (χ3v) is 2.36. The van der Waals surface area contributed by atoms with Crippen LogP contribution in [0.5, 0.6) is 0 Å². The van der Waals surface area contributed by atoms with Crippen molar-refractivity contribution in [3.05, 3.63) is 11.8 Å². The Labute approximate surface area is 92.9 Å². The summed E-state index contributed by atoms with van der Waals surface area (Å²) in [6.07, 6.45) is 2.43. The van der Waals surface area contributed by atoms with E-state index in [2.05, 4.69) is 48.9 Å². The molecule has 0 atom stereocenters. The van der Waals surface area contributed by atoms with Crippen LogP contribution in [0.3, 0.4) is 0 Å². The summed E-state index contributed by atoms with van der Waals surface area (Å²) in [5.41, 5.74) is 1.24. The molecule has 1 aromatic rings. The molecule has 0 radical (unpaired) electrons. The zero-order chi connectivity index (χ0) is 11.3. The lowest BCUT2D eigenvalue weighted by Gasteiger charge is -2.06. The van der Waals surface area contributed by atoms with Crippen LogP contribution in [0, 0.1) is 12.8 Å². The molecule has 0 aromatic carbocycles. The predicted molar refractivity (Wildman–Crippen MR) is 65.2 cm³/mol. The van der Waals surface area contributed by atoms with E-state index in [4.69, 9.17) is 0 Å². The van der Waals surface area contributed by atoms with Crippen molar-refractivity contribution >= 4 is 5.82 Å². The number of hydrogen-bond acceptors (Lipinski definition) is 2. The minimum absolute atomic E-state index is 0.645. The molecule has 0 aliphatic heterocycles. The Hall–Kier alpha value is -0.990. The van der Waals surface area contributed by atoms with Gasteiger partial charge in [0, 0.05) is 24.8 Å². The molecule has 0 fully saturated rings. The van der Waals surface area contributed by atoms with Gasteiger partial charge in [-0.25, -0.2) is 0 Å². The molecule has 0 saturated heterocycles. The molecular weight excluding hydrogens is 186 g/mol. The van der Waals surface area contributed by atoms with Gasteiger partial charge in [-0.3, -0.25) is 4.68 Å². The van der Waals surface area contributed by atoms with Crippen LogP contribution in [0.4, 0.5) is 5.82 Å². The Morgan fingerprint density at radius 2 is 2.20 bits per heavy atom. The fraction of sp³-hybridized carbons (Fsp3) is 0.750. The molecule has 0 saturated carbocycles. The highest BCUT2D eigenvalue weighted by Crippen LogP contribution is 2.10. The summed E-state index contributed by atoms with van der Waals surface area (Å²) in [4.78, 5) is 0. The molecule has 0 aliphatic carbocycles. The lowest BCUT2D eigenvalue weighted by molar-refractivity contribution is 0.475. The highest BCUT2D eigenvalue weighted by atomic mass is 15.3. The molecule has 86 valence electrons. The summed E-state index contributed by atoms with van der Waals surface area (Å²) in [6, 6.07) is 2.12. The first kappa shape index (κ1) is 12.1. The monoisotopic (exact) mass is 209 g/mol. The van der Waals surface area contributed by atoms with Crippen molar-refractivity contribution in [1.82, 2.24) is 9.78 Å². The molecule has 1 rings (SSSR count). The van der Waals surface area contributed by atoms with Crippen molar-refractivity contribution < 1.29 is 0 Å². The predicted octanol–water partition coefficient (Wildman–Crippen LogP) is 3.06. The standard InChI is InChI=1S/C12H23N3/c1-5-6-7-13-12-8-11(4)15(14-12)9-10(2)3/h8,10H,5-7,9H2,1-4H3,(H,13,14). The maximum Gasteiger partial charge on any atom is 0.148 e. The molecule has 1 heterocycles. The second kappa shape index (κ2) is 5.79. The number of nitrogens with one attached hydrogen (secondary N) is 1. The second-order valence-corrected chi connectivity index (χ2v) is 4.53. The van der Waals surface area contributed by atoms with Crippen LogP contribution in [0.1, 0.15) is 39.3 Å². The summed E-state index contributed by atoms with van der Waals surface area (Å²) in [7, 11) is 0. The molecule has 15 heavy (non-hydrogen) atoms. The number of rotatable bonds is 6. The third kappa shape index (κ3) is 3.94. The summed E-state index contributed by atoms with van der Waals surface area (Å²) in [5.74, 6) is 1.66. The Kier molecular flexibility index (Phi) is 4.66. The van der Waals surface area contributed by atoms with Gasteiger partial charge in [0.15, 0.2) is 0 Å². The van der Waals surface area contributed by atoms with Crippen LogP contribution in [-0.4, -0.2) is 16.3 Å². The number of nitrogens with zero attached hydrogens (tertiary/aromatic N) is 2. The van der Waals surface area contributed by atoms with Crippen LogP contribution in [0.2, 0.25) is 0 Å². The first-order valence-corrected chi connectivity index (χ1v) is 5.91. The van der Waals surface area contributed by atoms with E-state index >= 15 is 0 Å². The first-order valence-electron chi connectivity index (χ1n) is 5.91. The van der Waals surface area contributed by atoms with E-state index < -0.39 is 0 Å². The van der Waals surface area contributed by atoms with Crippen molar-refractivity contribution in [1.29, 1.82) is 0 Å². The average molecular weight is 209 g/mol. The summed E-state index contributed by atoms with van der Waals surface area (Å²) in [5, 5.41) is 7.88. The number of anilines is 1. The molecule has 0 unspecified atom stereocenters. The number of unbranched alkanes of at least 4 members (excludes halogenated alkanes) is 1. The highest BCUT2D eigenvalue weighted by Gasteiger charge is 2.04. The maximum absolute atomic E-state index is 4.53. The van der Waals surface area contributed by atoms with Gasteiger partial charge in [0.2, 0.25) is 0 Å². The zero-order valence-corrected chi connectivity index (χ0v) is 10.4. The SMILES string of the molecule is CCCCNc1cc(C)n(CC(C)C)n1. The van der Waals surface area contributed by atoms with Gasteiger partial charge in [-0.05, 0) is 19.3 Å². The summed E-state index contributed by atoms with van der Waals surface area (Å²) < 4.78 is 2.08. The van der Waals surface area contributed by atoms with Crippen LogP contribution < -0.4 is 5.32 Å². The number of aromatic nitrogens is 2. The van der Waals surface area contributed by atoms with Crippen molar-refractivity contribution in [3.8, 4) is 0 Å². The van der Waals surface area contributed by atoms with Crippen LogP contribution in [-0.2, 0) is 6.54 Å². The molecule has 3 heteroatoms. The van der Waals surface area contributed by atoms with Crippen molar-refractivity contribution in [2.75, 3.05) is 11.9 Å². The fourth-order valence-electron chi connectivity index (χ4n) is 1.52. The second-order valence-electron chi connectivity index (χ2n) is 4.53. The Balaban J connectivity index is 2.52. The zero-order valence-electron chi connectivity index (χ0n) is 10.4. The minimum atomic E-state index is 0.645. The molecule has 0 amide bonds. The van der Waals surface area contributed by atoms with Crippen molar-refractivity contribution in [3.63, 3.8) is 0 Å². The third-order valence-electron chi connectivity index (χ3n) is 2.36. The molecule has 1 aromatic heterocycles. The van der Waals surface area contributed by atoms with E-state index in [1.165, 1.54) is 18.5 Å². The van der Waals surface area contributed by atoms with Crippen molar-refractivity contribution in [2.45, 2.75) is 47.1 Å². The van der Waals surface area contributed by atoms with E-state index in [1.54, 1.807) is 0 Å². The molecule has 0 aliphatic rings. The van der Waals surface area contributed by atoms with Gasteiger partial charge >= 0.3 is 0 Å². The van der Waals surface area contributed by atoms with Gasteiger partial charge < -0.3 is 5.32 Å². The van der Waals surface area contributed by atoms with E-state index in [-0.39, 0.29) is 0 Å². The van der Waals surface area contributed by atoms with E-state index in [1.807, 2.05) is 0 Å². The Morgan fingerprint density at radius 1 is 1.47 bits per heavy atom. The topological polar surface area (TPSA) is 29.9 Å². The van der Waals surface area contributed by atoms with Gasteiger partial charge in [0.1, 0.15) is 5.82 Å². The van der Waals surface area contributed by atoms with Crippen LogP contribution >= 0.6 is 0 Å². The molecule has 1 N–H and O–H groups in total. The van der Waals surface area contributed by atoms with Gasteiger partial charge in [-0.1, -0.05) is 27.2 Å². The minimum Gasteiger partial charge on any atom is -0.369 e. The van der Waals surface area contributed by atoms with E-state index in [9.17, 15) is 0 Å². The molecule has 0 bridgehead atoms. The van der Waals surface area contributed by atoms with Gasteiger partial charge in [-0.2, -0.15) is 5.10 Å². The molecule has 0 spiro atoms. The van der Waals surface area contributed by atoms with Crippen LogP contribution in [0.15, 0.2) is 6.07 Å².